The summed E-state index contributed by atoms with van der Waals surface area (Å²) in [6.07, 6.45) is 2.87. The summed E-state index contributed by atoms with van der Waals surface area (Å²) in [7, 11) is -3.78. The summed E-state index contributed by atoms with van der Waals surface area (Å²) >= 11 is 0. The van der Waals surface area contributed by atoms with Crippen LogP contribution >= 0.6 is 0 Å². The molecule has 2 aromatic carbocycles. The number of benzene rings is 2. The smallest absolute Gasteiger partial charge is 0.238 e. The van der Waals surface area contributed by atoms with E-state index in [0.717, 1.165) is 19.3 Å². The van der Waals surface area contributed by atoms with Gasteiger partial charge in [0.2, 0.25) is 15.9 Å². The molecule has 1 amide bonds. The highest BCUT2D eigenvalue weighted by atomic mass is 32.2. The lowest BCUT2D eigenvalue weighted by atomic mass is 9.95. The Morgan fingerprint density at radius 1 is 1.17 bits per heavy atom. The van der Waals surface area contributed by atoms with Crippen LogP contribution < -0.4 is 10.5 Å². The number of aryl methyl sites for hydroxylation is 1. The standard InChI is InChI=1S/C18H18N2O3S/c19-24(22,23)14-6-3-5-13(10-14)20-17(21)16-11-18(16)9-8-12-4-1-2-7-15(12)18/h1-7,10,16H,8-9,11H2,(H,20,21)(H2,19,22,23). The molecule has 1 fully saturated rings. The molecular weight excluding hydrogens is 324 g/mol. The van der Waals surface area contributed by atoms with Gasteiger partial charge in [0, 0.05) is 17.0 Å². The molecule has 0 bridgehead atoms. The van der Waals surface area contributed by atoms with Crippen molar-refractivity contribution < 1.29 is 13.2 Å². The number of nitrogens with two attached hydrogens (primary N) is 1. The highest BCUT2D eigenvalue weighted by Crippen LogP contribution is 2.61. The first-order chi connectivity index (χ1) is 11.4. The molecule has 2 atom stereocenters. The van der Waals surface area contributed by atoms with Crippen molar-refractivity contribution >= 4 is 21.6 Å². The summed E-state index contributed by atoms with van der Waals surface area (Å²) in [5, 5.41) is 7.98. The number of nitrogens with one attached hydrogen (secondary N) is 1. The molecule has 0 aliphatic heterocycles. The molecule has 0 radical (unpaired) electrons. The van der Waals surface area contributed by atoms with Crippen molar-refractivity contribution in [1.82, 2.24) is 0 Å². The molecule has 24 heavy (non-hydrogen) atoms. The Morgan fingerprint density at radius 2 is 1.96 bits per heavy atom. The van der Waals surface area contributed by atoms with E-state index in [0.29, 0.717) is 5.69 Å². The summed E-state index contributed by atoms with van der Waals surface area (Å²) in [5.41, 5.74) is 3.06. The minimum atomic E-state index is -3.78. The van der Waals surface area contributed by atoms with Crippen molar-refractivity contribution in [2.45, 2.75) is 29.6 Å². The fourth-order valence-corrected chi connectivity index (χ4v) is 4.48. The van der Waals surface area contributed by atoms with Crippen LogP contribution in [0.5, 0.6) is 0 Å². The maximum Gasteiger partial charge on any atom is 0.238 e. The van der Waals surface area contributed by atoms with E-state index in [1.165, 1.54) is 23.3 Å². The quantitative estimate of drug-likeness (QED) is 0.896. The third kappa shape index (κ3) is 2.42. The Balaban J connectivity index is 1.54. The van der Waals surface area contributed by atoms with Crippen LogP contribution in [0.2, 0.25) is 0 Å². The zero-order valence-corrected chi connectivity index (χ0v) is 13.8. The number of hydrogen-bond donors (Lipinski definition) is 2. The Morgan fingerprint density at radius 3 is 2.75 bits per heavy atom. The maximum atomic E-state index is 12.6. The molecule has 0 saturated heterocycles. The van der Waals surface area contributed by atoms with Crippen molar-refractivity contribution in [3.05, 3.63) is 59.7 Å². The van der Waals surface area contributed by atoms with Gasteiger partial charge in [0.1, 0.15) is 0 Å². The lowest BCUT2D eigenvalue weighted by molar-refractivity contribution is -0.117. The van der Waals surface area contributed by atoms with E-state index in [1.54, 1.807) is 12.1 Å². The van der Waals surface area contributed by atoms with Gasteiger partial charge in [-0.1, -0.05) is 30.3 Å². The third-order valence-electron chi connectivity index (χ3n) is 5.22. The predicted octanol–water partition coefficient (Wildman–Crippen LogP) is 2.18. The number of carbonyl (C=O) groups excluding carboxylic acids is 1. The topological polar surface area (TPSA) is 89.3 Å². The minimum Gasteiger partial charge on any atom is -0.326 e. The first-order valence-electron chi connectivity index (χ1n) is 7.92. The molecule has 1 spiro atoms. The van der Waals surface area contributed by atoms with Gasteiger partial charge in [0.15, 0.2) is 0 Å². The average molecular weight is 342 g/mol. The number of anilines is 1. The molecule has 3 N–H and O–H groups in total. The van der Waals surface area contributed by atoms with Crippen LogP contribution in [0.15, 0.2) is 53.4 Å². The Bertz CT molecular complexity index is 939. The first kappa shape index (κ1) is 15.4. The number of sulfonamides is 1. The van der Waals surface area contributed by atoms with Gasteiger partial charge in [-0.2, -0.15) is 0 Å². The molecule has 0 aromatic heterocycles. The van der Waals surface area contributed by atoms with E-state index in [2.05, 4.69) is 17.4 Å². The molecule has 2 aromatic rings. The molecule has 2 unspecified atom stereocenters. The van der Waals surface area contributed by atoms with Crippen LogP contribution in [0.1, 0.15) is 24.0 Å². The van der Waals surface area contributed by atoms with E-state index in [1.807, 2.05) is 12.1 Å². The molecule has 0 heterocycles. The van der Waals surface area contributed by atoms with Crippen LogP contribution in [0, 0.1) is 5.92 Å². The number of primary sulfonamides is 1. The Hall–Kier alpha value is -2.18. The number of rotatable bonds is 3. The SMILES string of the molecule is NS(=O)(=O)c1cccc(NC(=O)C2CC23CCc2ccccc23)c1. The first-order valence-corrected chi connectivity index (χ1v) is 9.47. The van der Waals surface area contributed by atoms with Crippen LogP contribution in [0.4, 0.5) is 5.69 Å². The lowest BCUT2D eigenvalue weighted by Crippen LogP contribution is -2.20. The highest BCUT2D eigenvalue weighted by Gasteiger charge is 2.61. The van der Waals surface area contributed by atoms with Crippen molar-refractivity contribution in [1.29, 1.82) is 0 Å². The summed E-state index contributed by atoms with van der Waals surface area (Å²) in [4.78, 5) is 12.6. The fraction of sp³-hybridized carbons (Fsp3) is 0.278. The number of fused-ring (bicyclic) bond motifs is 2. The van der Waals surface area contributed by atoms with E-state index in [-0.39, 0.29) is 22.1 Å². The van der Waals surface area contributed by atoms with Crippen LogP contribution in [0.25, 0.3) is 0 Å². The average Bonchev–Trinajstić information content (AvgIpc) is 3.17. The van der Waals surface area contributed by atoms with Gasteiger partial charge in [0.25, 0.3) is 0 Å². The van der Waals surface area contributed by atoms with E-state index in [9.17, 15) is 13.2 Å². The van der Waals surface area contributed by atoms with E-state index >= 15 is 0 Å². The fourth-order valence-electron chi connectivity index (χ4n) is 3.92. The second kappa shape index (κ2) is 5.16. The molecule has 4 rings (SSSR count). The van der Waals surface area contributed by atoms with Crippen LogP contribution in [-0.2, 0) is 26.7 Å². The third-order valence-corrected chi connectivity index (χ3v) is 6.13. The lowest BCUT2D eigenvalue weighted by Gasteiger charge is -2.12. The number of carbonyl (C=O) groups is 1. The normalized spacial score (nSPS) is 24.6. The number of amides is 1. The maximum absolute atomic E-state index is 12.6. The van der Waals surface area contributed by atoms with Gasteiger partial charge in [-0.05, 0) is 48.6 Å². The zero-order chi connectivity index (χ0) is 16.9. The van der Waals surface area contributed by atoms with Gasteiger partial charge in [-0.15, -0.1) is 0 Å². The highest BCUT2D eigenvalue weighted by molar-refractivity contribution is 7.89. The van der Waals surface area contributed by atoms with Gasteiger partial charge >= 0.3 is 0 Å². The molecule has 5 nitrogen and oxygen atoms in total. The minimum absolute atomic E-state index is 0.00276. The van der Waals surface area contributed by atoms with E-state index < -0.39 is 10.0 Å². The predicted molar refractivity (Wildman–Crippen MR) is 91.0 cm³/mol. The van der Waals surface area contributed by atoms with Crippen molar-refractivity contribution in [2.24, 2.45) is 11.1 Å². The van der Waals surface area contributed by atoms with E-state index in [4.69, 9.17) is 5.14 Å². The summed E-state index contributed by atoms with van der Waals surface area (Å²) < 4.78 is 22.8. The van der Waals surface area contributed by atoms with Crippen molar-refractivity contribution in [3.8, 4) is 0 Å². The van der Waals surface area contributed by atoms with Crippen molar-refractivity contribution in [3.63, 3.8) is 0 Å². The molecule has 1 saturated carbocycles. The van der Waals surface area contributed by atoms with Gasteiger partial charge in [-0.3, -0.25) is 4.79 Å². The van der Waals surface area contributed by atoms with Gasteiger partial charge < -0.3 is 5.32 Å². The second-order valence-corrected chi connectivity index (χ2v) is 8.19. The monoisotopic (exact) mass is 342 g/mol. The van der Waals surface area contributed by atoms with Crippen LogP contribution in [-0.4, -0.2) is 14.3 Å². The van der Waals surface area contributed by atoms with Gasteiger partial charge in [0.05, 0.1) is 4.90 Å². The van der Waals surface area contributed by atoms with Gasteiger partial charge in [-0.25, -0.2) is 13.6 Å². The summed E-state index contributed by atoms with van der Waals surface area (Å²) in [6.45, 7) is 0. The molecule has 2 aliphatic carbocycles. The largest absolute Gasteiger partial charge is 0.326 e. The Labute approximate surface area is 140 Å². The van der Waals surface area contributed by atoms with Crippen molar-refractivity contribution in [2.75, 3.05) is 5.32 Å². The number of hydrogen-bond acceptors (Lipinski definition) is 3. The second-order valence-electron chi connectivity index (χ2n) is 6.63. The zero-order valence-electron chi connectivity index (χ0n) is 13.0. The summed E-state index contributed by atoms with van der Waals surface area (Å²) in [6, 6.07) is 14.4. The molecule has 124 valence electrons. The molecule has 2 aliphatic rings. The van der Waals surface area contributed by atoms with Crippen LogP contribution in [0.3, 0.4) is 0 Å². The summed E-state index contributed by atoms with van der Waals surface area (Å²) in [5.74, 6) is -0.113. The molecular formula is C18H18N2O3S. The Kier molecular flexibility index (Phi) is 3.30. The molecule has 6 heteroatoms.